The molecule has 4 aromatic heterocycles. The molecule has 4 nitrogen and oxygen atoms in total. The van der Waals surface area contributed by atoms with Crippen LogP contribution in [0.1, 0.15) is 22.1 Å². The Kier molecular flexibility index (Phi) is 5.48. The van der Waals surface area contributed by atoms with Crippen LogP contribution in [0.3, 0.4) is 0 Å². The monoisotopic (exact) mass is 449 g/mol. The minimum Gasteiger partial charge on any atom is -0.361 e. The number of fused-ring (bicyclic) bond motifs is 1. The Morgan fingerprint density at radius 1 is 1.07 bits per heavy atom. The summed E-state index contributed by atoms with van der Waals surface area (Å²) in [5, 5.41) is 13.5. The highest BCUT2D eigenvalue weighted by Crippen LogP contribution is 2.33. The molecule has 0 bridgehead atoms. The second-order valence-corrected chi connectivity index (χ2v) is 9.61. The van der Waals surface area contributed by atoms with Crippen LogP contribution >= 0.6 is 34.0 Å². The zero-order valence-corrected chi connectivity index (χ0v) is 18.4. The van der Waals surface area contributed by atoms with Crippen molar-refractivity contribution in [3.05, 3.63) is 86.3 Å². The number of amides is 1. The van der Waals surface area contributed by atoms with Crippen molar-refractivity contribution in [2.24, 2.45) is 0 Å². The van der Waals surface area contributed by atoms with Gasteiger partial charge >= 0.3 is 0 Å². The molecule has 0 aliphatic heterocycles. The Hall–Kier alpha value is -2.74. The number of hydrogen-bond acceptors (Lipinski definition) is 5. The Morgan fingerprint density at radius 2 is 2.00 bits per heavy atom. The molecule has 0 spiro atoms. The third-order valence-corrected chi connectivity index (χ3v) is 7.66. The van der Waals surface area contributed by atoms with Gasteiger partial charge in [-0.3, -0.25) is 4.79 Å². The Labute approximate surface area is 186 Å². The maximum atomic E-state index is 12.7. The van der Waals surface area contributed by atoms with E-state index in [0.29, 0.717) is 13.0 Å². The van der Waals surface area contributed by atoms with E-state index < -0.39 is 0 Å². The van der Waals surface area contributed by atoms with Gasteiger partial charge in [-0.1, -0.05) is 24.3 Å². The number of carbonyl (C=O) groups excluding carboxylic acids is 1. The second-order valence-electron chi connectivity index (χ2n) is 6.99. The average molecular weight is 450 g/mol. The van der Waals surface area contributed by atoms with Crippen molar-refractivity contribution < 1.29 is 4.79 Å². The first-order valence-electron chi connectivity index (χ1n) is 9.61. The zero-order valence-electron chi connectivity index (χ0n) is 16.0. The molecule has 0 fully saturated rings. The van der Waals surface area contributed by atoms with Gasteiger partial charge in [-0.05, 0) is 34.5 Å². The fourth-order valence-corrected chi connectivity index (χ4v) is 5.96. The molecule has 150 valence electrons. The van der Waals surface area contributed by atoms with E-state index in [1.165, 1.54) is 15.8 Å². The first-order chi connectivity index (χ1) is 14.8. The van der Waals surface area contributed by atoms with Crippen LogP contribution < -0.4 is 5.32 Å². The van der Waals surface area contributed by atoms with Gasteiger partial charge in [0.25, 0.3) is 0 Å². The molecule has 0 radical (unpaired) electrons. The lowest BCUT2D eigenvalue weighted by Crippen LogP contribution is -2.30. The van der Waals surface area contributed by atoms with Crippen molar-refractivity contribution in [3.8, 4) is 10.6 Å². The highest BCUT2D eigenvalue weighted by Gasteiger charge is 2.20. The molecule has 0 aliphatic rings. The summed E-state index contributed by atoms with van der Waals surface area (Å²) in [6, 6.07) is 14.5. The molecule has 0 saturated heterocycles. The summed E-state index contributed by atoms with van der Waals surface area (Å²) in [5.74, 6) is 0.112. The van der Waals surface area contributed by atoms with E-state index in [9.17, 15) is 4.79 Å². The standard InChI is InChI=1S/C23H19N3OS3/c27-22(10-16-14-30-23(26-16)15-7-9-28-13-15)25-12-19(21-6-3-8-29-21)18-11-24-20-5-2-1-4-17(18)20/h1-9,11,13-14,19,24H,10,12H2,(H,25,27)/t19-/m1/s1. The van der Waals surface area contributed by atoms with Gasteiger partial charge in [-0.25, -0.2) is 4.98 Å². The van der Waals surface area contributed by atoms with Crippen LogP contribution in [-0.4, -0.2) is 22.4 Å². The number of nitrogens with zero attached hydrogens (tertiary/aromatic N) is 1. The van der Waals surface area contributed by atoms with Crippen molar-refractivity contribution >= 4 is 50.8 Å². The molecule has 4 heterocycles. The summed E-state index contributed by atoms with van der Waals surface area (Å²) in [6.07, 6.45) is 2.36. The molecule has 5 aromatic rings. The lowest BCUT2D eigenvalue weighted by molar-refractivity contribution is -0.120. The minimum atomic E-state index is -0.00133. The van der Waals surface area contributed by atoms with E-state index in [2.05, 4.69) is 68.6 Å². The van der Waals surface area contributed by atoms with Gasteiger partial charge in [0, 0.05) is 50.8 Å². The van der Waals surface area contributed by atoms with Crippen LogP contribution in [0.2, 0.25) is 0 Å². The van der Waals surface area contributed by atoms with Crippen LogP contribution in [0.5, 0.6) is 0 Å². The average Bonchev–Trinajstić information content (AvgIpc) is 3.54. The van der Waals surface area contributed by atoms with Crippen LogP contribution in [0, 0.1) is 0 Å². The summed E-state index contributed by atoms with van der Waals surface area (Å²) in [7, 11) is 0. The largest absolute Gasteiger partial charge is 0.361 e. The van der Waals surface area contributed by atoms with Crippen LogP contribution in [0.4, 0.5) is 0 Å². The van der Waals surface area contributed by atoms with Crippen molar-refractivity contribution in [2.45, 2.75) is 12.3 Å². The van der Waals surface area contributed by atoms with Crippen molar-refractivity contribution in [1.82, 2.24) is 15.3 Å². The number of thiazole rings is 1. The number of H-pyrrole nitrogens is 1. The van der Waals surface area contributed by atoms with Gasteiger partial charge in [0.15, 0.2) is 0 Å². The predicted octanol–water partition coefficient (Wildman–Crippen LogP) is 5.91. The van der Waals surface area contributed by atoms with E-state index in [1.807, 2.05) is 16.8 Å². The number of aromatic nitrogens is 2. The van der Waals surface area contributed by atoms with E-state index in [1.54, 1.807) is 34.0 Å². The summed E-state index contributed by atoms with van der Waals surface area (Å²) in [4.78, 5) is 21.9. The summed E-state index contributed by atoms with van der Waals surface area (Å²) >= 11 is 4.96. The smallest absolute Gasteiger partial charge is 0.226 e. The molecule has 7 heteroatoms. The van der Waals surface area contributed by atoms with Crippen LogP contribution in [0.15, 0.2) is 70.2 Å². The maximum Gasteiger partial charge on any atom is 0.226 e. The number of rotatable bonds is 7. The van der Waals surface area contributed by atoms with Crippen molar-refractivity contribution in [2.75, 3.05) is 6.54 Å². The Balaban J connectivity index is 1.31. The number of benzene rings is 1. The number of aromatic amines is 1. The third-order valence-electron chi connectivity index (χ3n) is 5.05. The summed E-state index contributed by atoms with van der Waals surface area (Å²) < 4.78 is 0. The predicted molar refractivity (Wildman–Crippen MR) is 127 cm³/mol. The summed E-state index contributed by atoms with van der Waals surface area (Å²) in [5.41, 5.74) is 4.26. The number of carbonyl (C=O) groups is 1. The lowest BCUT2D eigenvalue weighted by atomic mass is 9.96. The SMILES string of the molecule is O=C(Cc1csc(-c2ccsc2)n1)NC[C@@H](c1cccs1)c1c[nH]c2ccccc12. The fraction of sp³-hybridized carbons (Fsp3) is 0.130. The van der Waals surface area contributed by atoms with Crippen LogP contribution in [-0.2, 0) is 11.2 Å². The molecule has 2 N–H and O–H groups in total. The van der Waals surface area contributed by atoms with Gasteiger partial charge in [0.05, 0.1) is 12.1 Å². The van der Waals surface area contributed by atoms with Crippen molar-refractivity contribution in [3.63, 3.8) is 0 Å². The second kappa shape index (κ2) is 8.55. The third kappa shape index (κ3) is 3.96. The molecule has 30 heavy (non-hydrogen) atoms. The fourth-order valence-electron chi connectivity index (χ4n) is 3.59. The van der Waals surface area contributed by atoms with Crippen molar-refractivity contribution in [1.29, 1.82) is 0 Å². The molecule has 0 saturated carbocycles. The van der Waals surface area contributed by atoms with E-state index >= 15 is 0 Å². The van der Waals surface area contributed by atoms with Gasteiger partial charge in [-0.15, -0.1) is 22.7 Å². The van der Waals surface area contributed by atoms with Gasteiger partial charge in [0.1, 0.15) is 5.01 Å². The first kappa shape index (κ1) is 19.2. The van der Waals surface area contributed by atoms with Gasteiger partial charge < -0.3 is 10.3 Å². The highest BCUT2D eigenvalue weighted by atomic mass is 32.1. The molecule has 0 aliphatic carbocycles. The number of nitrogens with one attached hydrogen (secondary N) is 2. The lowest BCUT2D eigenvalue weighted by Gasteiger charge is -2.16. The van der Waals surface area contributed by atoms with E-state index in [0.717, 1.165) is 21.8 Å². The van der Waals surface area contributed by atoms with E-state index in [-0.39, 0.29) is 11.8 Å². The number of hydrogen-bond donors (Lipinski definition) is 2. The number of para-hydroxylation sites is 1. The molecular formula is C23H19N3OS3. The molecule has 1 amide bonds. The van der Waals surface area contributed by atoms with Gasteiger partial charge in [-0.2, -0.15) is 11.3 Å². The quantitative estimate of drug-likeness (QED) is 0.325. The zero-order chi connectivity index (χ0) is 20.3. The highest BCUT2D eigenvalue weighted by molar-refractivity contribution is 7.14. The Morgan fingerprint density at radius 3 is 2.83 bits per heavy atom. The molecule has 5 rings (SSSR count). The van der Waals surface area contributed by atoms with Crippen LogP contribution in [0.25, 0.3) is 21.5 Å². The Bertz CT molecular complexity index is 1250. The molecular weight excluding hydrogens is 430 g/mol. The molecule has 1 atom stereocenters. The maximum absolute atomic E-state index is 12.7. The van der Waals surface area contributed by atoms with E-state index in [4.69, 9.17) is 0 Å². The number of thiophene rings is 2. The first-order valence-corrected chi connectivity index (χ1v) is 12.3. The summed E-state index contributed by atoms with van der Waals surface area (Å²) in [6.45, 7) is 0.558. The van der Waals surface area contributed by atoms with Gasteiger partial charge in [0.2, 0.25) is 5.91 Å². The topological polar surface area (TPSA) is 57.8 Å². The molecule has 0 unspecified atom stereocenters. The molecule has 1 aromatic carbocycles. The normalized spacial score (nSPS) is 12.3. The minimum absolute atomic E-state index is 0.00133.